The van der Waals surface area contributed by atoms with Gasteiger partial charge in [-0.25, -0.2) is 0 Å². The van der Waals surface area contributed by atoms with Crippen molar-refractivity contribution in [2.24, 2.45) is 5.92 Å². The summed E-state index contributed by atoms with van der Waals surface area (Å²) in [6.07, 6.45) is 7.82. The first-order valence-electron chi connectivity index (χ1n) is 7.66. The van der Waals surface area contributed by atoms with Crippen molar-refractivity contribution >= 4 is 18.3 Å². The summed E-state index contributed by atoms with van der Waals surface area (Å²) in [5.41, 5.74) is 0. The Morgan fingerprint density at radius 3 is 2.42 bits per heavy atom. The third-order valence-electron chi connectivity index (χ3n) is 4.26. The van der Waals surface area contributed by atoms with Crippen molar-refractivity contribution in [1.82, 2.24) is 10.2 Å². The van der Waals surface area contributed by atoms with E-state index in [9.17, 15) is 4.79 Å². The number of amides is 1. The van der Waals surface area contributed by atoms with Crippen LogP contribution in [0.15, 0.2) is 0 Å². The Morgan fingerprint density at radius 1 is 1.32 bits per heavy atom. The normalized spacial score (nSPS) is 17.9. The quantitative estimate of drug-likeness (QED) is 0.781. The summed E-state index contributed by atoms with van der Waals surface area (Å²) < 4.78 is 0. The molecule has 1 atom stereocenters. The van der Waals surface area contributed by atoms with Crippen LogP contribution >= 0.6 is 12.4 Å². The molecule has 1 rings (SSSR count). The van der Waals surface area contributed by atoms with Crippen LogP contribution in [0.2, 0.25) is 0 Å². The van der Waals surface area contributed by atoms with E-state index in [2.05, 4.69) is 24.1 Å². The molecule has 1 fully saturated rings. The molecule has 0 aromatic heterocycles. The van der Waals surface area contributed by atoms with Gasteiger partial charge in [0.1, 0.15) is 0 Å². The maximum absolute atomic E-state index is 12.2. The molecule has 0 saturated carbocycles. The molecule has 3 nitrogen and oxygen atoms in total. The van der Waals surface area contributed by atoms with Gasteiger partial charge in [0.25, 0.3) is 0 Å². The summed E-state index contributed by atoms with van der Waals surface area (Å²) in [5.74, 6) is 0.979. The Bertz CT molecular complexity index is 240. The fourth-order valence-electron chi connectivity index (χ4n) is 2.74. The van der Waals surface area contributed by atoms with Gasteiger partial charge in [0, 0.05) is 25.6 Å². The molecule has 114 valence electrons. The topological polar surface area (TPSA) is 32.3 Å². The summed E-state index contributed by atoms with van der Waals surface area (Å²) in [4.78, 5) is 14.3. The minimum absolute atomic E-state index is 0. The van der Waals surface area contributed by atoms with Crippen LogP contribution in [-0.4, -0.2) is 37.0 Å². The molecule has 4 heteroatoms. The predicted octanol–water partition coefficient (Wildman–Crippen LogP) is 3.23. The summed E-state index contributed by atoms with van der Waals surface area (Å²) in [7, 11) is 2.01. The Morgan fingerprint density at radius 2 is 1.95 bits per heavy atom. The fourth-order valence-corrected chi connectivity index (χ4v) is 2.74. The minimum atomic E-state index is 0. The largest absolute Gasteiger partial charge is 0.343 e. The third kappa shape index (κ3) is 6.62. The Balaban J connectivity index is 0.00000324. The third-order valence-corrected chi connectivity index (χ3v) is 4.26. The highest BCUT2D eigenvalue weighted by atomic mass is 35.5. The molecule has 1 N–H and O–H groups in total. The second-order valence-electron chi connectivity index (χ2n) is 5.56. The number of carbonyl (C=O) groups is 1. The summed E-state index contributed by atoms with van der Waals surface area (Å²) >= 11 is 0. The Labute approximate surface area is 124 Å². The lowest BCUT2D eigenvalue weighted by Gasteiger charge is -2.32. The van der Waals surface area contributed by atoms with Crippen molar-refractivity contribution in [2.45, 2.75) is 64.8 Å². The summed E-state index contributed by atoms with van der Waals surface area (Å²) in [6.45, 7) is 6.31. The highest BCUT2D eigenvalue weighted by Gasteiger charge is 2.23. The smallest absolute Gasteiger partial charge is 0.222 e. The van der Waals surface area contributed by atoms with E-state index >= 15 is 0 Å². The maximum atomic E-state index is 12.2. The van der Waals surface area contributed by atoms with Gasteiger partial charge in [0.05, 0.1) is 0 Å². The van der Waals surface area contributed by atoms with Gasteiger partial charge in [0.15, 0.2) is 0 Å². The van der Waals surface area contributed by atoms with E-state index in [0.717, 1.165) is 38.8 Å². The molecule has 0 aromatic carbocycles. The maximum Gasteiger partial charge on any atom is 0.222 e. The van der Waals surface area contributed by atoms with Crippen LogP contribution in [0, 0.1) is 5.92 Å². The van der Waals surface area contributed by atoms with Crippen LogP contribution in [0.4, 0.5) is 0 Å². The predicted molar refractivity (Wildman–Crippen MR) is 83.8 cm³/mol. The number of unbranched alkanes of at least 4 members (excludes halogenated alkanes) is 1. The van der Waals surface area contributed by atoms with Gasteiger partial charge in [-0.2, -0.15) is 0 Å². The number of piperidine rings is 1. The zero-order valence-corrected chi connectivity index (χ0v) is 13.6. The van der Waals surface area contributed by atoms with E-state index in [0.29, 0.717) is 17.9 Å². The first kappa shape index (κ1) is 18.7. The van der Waals surface area contributed by atoms with Gasteiger partial charge in [-0.15, -0.1) is 12.4 Å². The second-order valence-corrected chi connectivity index (χ2v) is 5.56. The SMILES string of the molecule is CCCCC(CC)CC(=O)N1CCC(NC)CC1.Cl. The lowest BCUT2D eigenvalue weighted by molar-refractivity contribution is -0.133. The van der Waals surface area contributed by atoms with Crippen molar-refractivity contribution in [3.05, 3.63) is 0 Å². The molecule has 0 aromatic rings. The van der Waals surface area contributed by atoms with Gasteiger partial charge in [-0.3, -0.25) is 4.79 Å². The second kappa shape index (κ2) is 10.5. The molecule has 0 spiro atoms. The standard InChI is InChI=1S/C15H30N2O.ClH/c1-4-6-7-13(5-2)12-15(18)17-10-8-14(16-3)9-11-17;/h13-14,16H,4-12H2,1-3H3;1H. The number of nitrogens with one attached hydrogen (secondary N) is 1. The van der Waals surface area contributed by atoms with Crippen molar-refractivity contribution in [3.8, 4) is 0 Å². The number of nitrogens with zero attached hydrogens (tertiary/aromatic N) is 1. The average molecular weight is 291 g/mol. The number of hydrogen-bond acceptors (Lipinski definition) is 2. The molecule has 0 aliphatic carbocycles. The zero-order valence-electron chi connectivity index (χ0n) is 12.8. The zero-order chi connectivity index (χ0) is 13.4. The van der Waals surface area contributed by atoms with Crippen LogP contribution in [0.25, 0.3) is 0 Å². The van der Waals surface area contributed by atoms with Crippen LogP contribution in [-0.2, 0) is 4.79 Å². The molecule has 1 saturated heterocycles. The Kier molecular flexibility index (Phi) is 10.3. The molecule has 1 amide bonds. The number of carbonyl (C=O) groups excluding carboxylic acids is 1. The van der Waals surface area contributed by atoms with Crippen LogP contribution in [0.3, 0.4) is 0 Å². The molecular formula is C15H31ClN2O. The van der Waals surface area contributed by atoms with Gasteiger partial charge < -0.3 is 10.2 Å². The molecule has 1 aliphatic rings. The molecular weight excluding hydrogens is 260 g/mol. The van der Waals surface area contributed by atoms with E-state index in [1.54, 1.807) is 0 Å². The first-order valence-corrected chi connectivity index (χ1v) is 7.66. The lowest BCUT2D eigenvalue weighted by Crippen LogP contribution is -2.44. The summed E-state index contributed by atoms with van der Waals surface area (Å²) in [5, 5.41) is 3.31. The minimum Gasteiger partial charge on any atom is -0.343 e. The fraction of sp³-hybridized carbons (Fsp3) is 0.933. The number of rotatable bonds is 7. The van der Waals surface area contributed by atoms with Crippen molar-refractivity contribution in [2.75, 3.05) is 20.1 Å². The van der Waals surface area contributed by atoms with Gasteiger partial charge >= 0.3 is 0 Å². The highest BCUT2D eigenvalue weighted by Crippen LogP contribution is 2.19. The van der Waals surface area contributed by atoms with Crippen molar-refractivity contribution in [1.29, 1.82) is 0 Å². The molecule has 1 unspecified atom stereocenters. The average Bonchev–Trinajstić information content (AvgIpc) is 2.43. The van der Waals surface area contributed by atoms with Crippen LogP contribution in [0.5, 0.6) is 0 Å². The number of hydrogen-bond donors (Lipinski definition) is 1. The summed E-state index contributed by atoms with van der Waals surface area (Å²) in [6, 6.07) is 0.608. The van der Waals surface area contributed by atoms with E-state index in [1.807, 2.05) is 7.05 Å². The van der Waals surface area contributed by atoms with E-state index < -0.39 is 0 Å². The molecule has 1 heterocycles. The van der Waals surface area contributed by atoms with Gasteiger partial charge in [-0.05, 0) is 32.2 Å². The van der Waals surface area contributed by atoms with E-state index in [1.165, 1.54) is 19.3 Å². The number of halogens is 1. The van der Waals surface area contributed by atoms with Crippen molar-refractivity contribution in [3.63, 3.8) is 0 Å². The van der Waals surface area contributed by atoms with Crippen LogP contribution < -0.4 is 5.32 Å². The van der Waals surface area contributed by atoms with Gasteiger partial charge in [0.2, 0.25) is 5.91 Å². The molecule has 1 aliphatic heterocycles. The molecule has 0 radical (unpaired) electrons. The first-order chi connectivity index (χ1) is 8.71. The molecule has 19 heavy (non-hydrogen) atoms. The van der Waals surface area contributed by atoms with Crippen LogP contribution in [0.1, 0.15) is 58.8 Å². The van der Waals surface area contributed by atoms with E-state index in [-0.39, 0.29) is 12.4 Å². The number of likely N-dealkylation sites (tertiary alicyclic amines) is 1. The molecule has 0 bridgehead atoms. The Hall–Kier alpha value is -0.280. The van der Waals surface area contributed by atoms with Gasteiger partial charge in [-0.1, -0.05) is 33.1 Å². The van der Waals surface area contributed by atoms with E-state index in [4.69, 9.17) is 0 Å². The monoisotopic (exact) mass is 290 g/mol. The lowest BCUT2D eigenvalue weighted by atomic mass is 9.94. The van der Waals surface area contributed by atoms with Crippen molar-refractivity contribution < 1.29 is 4.79 Å². The highest BCUT2D eigenvalue weighted by molar-refractivity contribution is 5.85.